The van der Waals surface area contributed by atoms with Crippen molar-refractivity contribution in [1.82, 2.24) is 9.97 Å². The maximum atomic E-state index is 4.58. The van der Waals surface area contributed by atoms with Crippen LogP contribution in [0.25, 0.3) is 16.8 Å². The van der Waals surface area contributed by atoms with E-state index in [0.717, 1.165) is 29.2 Å². The van der Waals surface area contributed by atoms with E-state index in [4.69, 9.17) is 0 Å². The lowest BCUT2D eigenvalue weighted by atomic mass is 10.1. The fourth-order valence-corrected chi connectivity index (χ4v) is 2.26. The molecule has 2 aromatic rings. The molecule has 0 N–H and O–H groups in total. The Morgan fingerprint density at radius 2 is 1.70 bits per heavy atom. The Balaban J connectivity index is 2.05. The van der Waals surface area contributed by atoms with Gasteiger partial charge in [0.05, 0.1) is 11.4 Å². The first kappa shape index (κ1) is 12.5. The highest BCUT2D eigenvalue weighted by molar-refractivity contribution is 5.70. The summed E-state index contributed by atoms with van der Waals surface area (Å²) in [6, 6.07) is 12.3. The van der Waals surface area contributed by atoms with Crippen LogP contribution in [-0.2, 0) is 0 Å². The molecule has 0 radical (unpaired) electrons. The van der Waals surface area contributed by atoms with Crippen LogP contribution in [0.1, 0.15) is 17.9 Å². The predicted molar refractivity (Wildman–Crippen MR) is 83.1 cm³/mol. The molecule has 0 saturated heterocycles. The molecule has 0 spiro atoms. The van der Waals surface area contributed by atoms with Gasteiger partial charge in [0.2, 0.25) is 0 Å². The van der Waals surface area contributed by atoms with Crippen LogP contribution >= 0.6 is 0 Å². The third-order valence-electron chi connectivity index (χ3n) is 3.23. The van der Waals surface area contributed by atoms with E-state index in [2.05, 4.69) is 52.5 Å². The maximum Gasteiger partial charge on any atom is 0.126 e. The van der Waals surface area contributed by atoms with E-state index in [9.17, 15) is 0 Å². The van der Waals surface area contributed by atoms with Gasteiger partial charge in [-0.2, -0.15) is 0 Å². The lowest BCUT2D eigenvalue weighted by Crippen LogP contribution is -1.97. The second-order valence-corrected chi connectivity index (χ2v) is 4.76. The van der Waals surface area contributed by atoms with Gasteiger partial charge < -0.3 is 0 Å². The van der Waals surface area contributed by atoms with Crippen LogP contribution < -0.4 is 0 Å². The molecule has 0 fully saturated rings. The number of benzene rings is 1. The standard InChI is InChI=1S/C18H16N2/c1-14-19-17(15-9-5-2-3-6-10-15)13-18(20-14)16-11-7-4-8-12-16/h2-9,11-13H,10H2,1H3. The van der Waals surface area contributed by atoms with Gasteiger partial charge in [-0.1, -0.05) is 60.7 Å². The zero-order chi connectivity index (χ0) is 13.8. The van der Waals surface area contributed by atoms with E-state index in [1.807, 2.05) is 31.2 Å². The average molecular weight is 260 g/mol. The Labute approximate surface area is 119 Å². The van der Waals surface area contributed by atoms with Crippen molar-refractivity contribution < 1.29 is 0 Å². The Morgan fingerprint density at radius 1 is 0.900 bits per heavy atom. The number of allylic oxidation sites excluding steroid dienone is 6. The summed E-state index contributed by atoms with van der Waals surface area (Å²) in [5.74, 6) is 0.805. The molecule has 2 heteroatoms. The van der Waals surface area contributed by atoms with E-state index in [0.29, 0.717) is 0 Å². The van der Waals surface area contributed by atoms with Crippen LogP contribution in [0.5, 0.6) is 0 Å². The third-order valence-corrected chi connectivity index (χ3v) is 3.23. The molecule has 1 aliphatic carbocycles. The first-order valence-corrected chi connectivity index (χ1v) is 6.77. The smallest absolute Gasteiger partial charge is 0.126 e. The van der Waals surface area contributed by atoms with Crippen LogP contribution in [0, 0.1) is 6.92 Å². The number of aryl methyl sites for hydroxylation is 1. The monoisotopic (exact) mass is 260 g/mol. The lowest BCUT2D eigenvalue weighted by Gasteiger charge is -2.08. The van der Waals surface area contributed by atoms with Gasteiger partial charge >= 0.3 is 0 Å². The summed E-state index contributed by atoms with van der Waals surface area (Å²) in [6.45, 7) is 1.94. The average Bonchev–Trinajstić information content (AvgIpc) is 2.77. The summed E-state index contributed by atoms with van der Waals surface area (Å²) in [6.07, 6.45) is 11.3. The molecule has 20 heavy (non-hydrogen) atoms. The van der Waals surface area contributed by atoms with Crippen molar-refractivity contribution in [3.8, 4) is 11.3 Å². The van der Waals surface area contributed by atoms with Crippen molar-refractivity contribution in [1.29, 1.82) is 0 Å². The van der Waals surface area contributed by atoms with Gasteiger partial charge in [0.1, 0.15) is 5.82 Å². The molecule has 0 unspecified atom stereocenters. The van der Waals surface area contributed by atoms with Gasteiger partial charge in [-0.3, -0.25) is 0 Å². The molecule has 1 aromatic carbocycles. The highest BCUT2D eigenvalue weighted by Gasteiger charge is 2.08. The molecule has 1 aromatic heterocycles. The molecular formula is C18H16N2. The number of nitrogens with zero attached hydrogens (tertiary/aromatic N) is 2. The molecule has 0 aliphatic heterocycles. The molecule has 0 saturated carbocycles. The van der Waals surface area contributed by atoms with Gasteiger partial charge in [0, 0.05) is 5.56 Å². The molecule has 98 valence electrons. The number of hydrogen-bond donors (Lipinski definition) is 0. The van der Waals surface area contributed by atoms with Gasteiger partial charge in [0.15, 0.2) is 0 Å². The zero-order valence-electron chi connectivity index (χ0n) is 11.5. The minimum Gasteiger partial charge on any atom is -0.234 e. The second kappa shape index (κ2) is 5.66. The van der Waals surface area contributed by atoms with Crippen molar-refractivity contribution >= 4 is 5.57 Å². The SMILES string of the molecule is Cc1nc(C2=CC=CC=CC2)cc(-c2ccccc2)n1. The topological polar surface area (TPSA) is 25.8 Å². The second-order valence-electron chi connectivity index (χ2n) is 4.76. The largest absolute Gasteiger partial charge is 0.234 e. The van der Waals surface area contributed by atoms with Crippen LogP contribution in [-0.4, -0.2) is 9.97 Å². The summed E-state index contributed by atoms with van der Waals surface area (Å²) in [5.41, 5.74) is 4.33. The van der Waals surface area contributed by atoms with Gasteiger partial charge in [0.25, 0.3) is 0 Å². The molecule has 2 nitrogen and oxygen atoms in total. The number of rotatable bonds is 2. The van der Waals surface area contributed by atoms with E-state index < -0.39 is 0 Å². The van der Waals surface area contributed by atoms with Crippen LogP contribution in [0.15, 0.2) is 66.8 Å². The Bertz CT molecular complexity index is 695. The molecule has 0 bridgehead atoms. The van der Waals surface area contributed by atoms with Crippen LogP contribution in [0.3, 0.4) is 0 Å². The van der Waals surface area contributed by atoms with Gasteiger partial charge in [-0.15, -0.1) is 0 Å². The zero-order valence-corrected chi connectivity index (χ0v) is 11.5. The fourth-order valence-electron chi connectivity index (χ4n) is 2.26. The van der Waals surface area contributed by atoms with E-state index in [-0.39, 0.29) is 0 Å². The summed E-state index contributed by atoms with van der Waals surface area (Å²) in [5, 5.41) is 0. The molecule has 1 heterocycles. The molecule has 1 aliphatic rings. The van der Waals surface area contributed by atoms with Crippen LogP contribution in [0.2, 0.25) is 0 Å². The predicted octanol–water partition coefficient (Wildman–Crippen LogP) is 4.35. The minimum absolute atomic E-state index is 0.805. The van der Waals surface area contributed by atoms with Crippen LogP contribution in [0.4, 0.5) is 0 Å². The number of hydrogen-bond acceptors (Lipinski definition) is 2. The fraction of sp³-hybridized carbons (Fsp3) is 0.111. The molecule has 3 rings (SSSR count). The highest BCUT2D eigenvalue weighted by atomic mass is 14.9. The van der Waals surface area contributed by atoms with Crippen molar-refractivity contribution in [2.45, 2.75) is 13.3 Å². The Morgan fingerprint density at radius 3 is 2.55 bits per heavy atom. The van der Waals surface area contributed by atoms with E-state index in [1.165, 1.54) is 5.57 Å². The third kappa shape index (κ3) is 2.75. The minimum atomic E-state index is 0.805. The highest BCUT2D eigenvalue weighted by Crippen LogP contribution is 2.24. The lowest BCUT2D eigenvalue weighted by molar-refractivity contribution is 1.04. The summed E-state index contributed by atoms with van der Waals surface area (Å²) < 4.78 is 0. The summed E-state index contributed by atoms with van der Waals surface area (Å²) in [4.78, 5) is 9.13. The Hall–Kier alpha value is -2.48. The van der Waals surface area contributed by atoms with E-state index >= 15 is 0 Å². The van der Waals surface area contributed by atoms with Crippen molar-refractivity contribution in [2.75, 3.05) is 0 Å². The maximum absolute atomic E-state index is 4.58. The quantitative estimate of drug-likeness (QED) is 0.802. The normalized spacial score (nSPS) is 13.9. The molecular weight excluding hydrogens is 244 g/mol. The molecule has 0 atom stereocenters. The van der Waals surface area contributed by atoms with Gasteiger partial charge in [-0.05, 0) is 25.0 Å². The summed E-state index contributed by atoms with van der Waals surface area (Å²) >= 11 is 0. The first-order valence-electron chi connectivity index (χ1n) is 6.77. The summed E-state index contributed by atoms with van der Waals surface area (Å²) in [7, 11) is 0. The van der Waals surface area contributed by atoms with Crippen molar-refractivity contribution in [2.24, 2.45) is 0 Å². The molecule has 0 amide bonds. The Kier molecular flexibility index (Phi) is 3.55. The van der Waals surface area contributed by atoms with Gasteiger partial charge in [-0.25, -0.2) is 9.97 Å². The van der Waals surface area contributed by atoms with Crippen molar-refractivity contribution in [3.05, 3.63) is 78.3 Å². The van der Waals surface area contributed by atoms with E-state index in [1.54, 1.807) is 0 Å². The first-order chi connectivity index (χ1) is 9.83. The van der Waals surface area contributed by atoms with Crippen molar-refractivity contribution in [3.63, 3.8) is 0 Å². The number of aromatic nitrogens is 2.